The molecule has 124 valence electrons. The highest BCUT2D eigenvalue weighted by Crippen LogP contribution is 2.21. The molecule has 1 saturated heterocycles. The first-order chi connectivity index (χ1) is 11.2. The van der Waals surface area contributed by atoms with Crippen LogP contribution in [-0.2, 0) is 17.8 Å². The van der Waals surface area contributed by atoms with Gasteiger partial charge in [0.15, 0.2) is 0 Å². The minimum Gasteiger partial charge on any atom is -0.354 e. The summed E-state index contributed by atoms with van der Waals surface area (Å²) >= 11 is 1.74. The third-order valence-electron chi connectivity index (χ3n) is 4.51. The van der Waals surface area contributed by atoms with Crippen LogP contribution < -0.4 is 5.32 Å². The van der Waals surface area contributed by atoms with Crippen molar-refractivity contribution in [2.45, 2.75) is 44.8 Å². The van der Waals surface area contributed by atoms with Gasteiger partial charge in [-0.05, 0) is 50.2 Å². The zero-order chi connectivity index (χ0) is 16.1. The number of hydrogen-bond donors (Lipinski definition) is 1. The van der Waals surface area contributed by atoms with Gasteiger partial charge in [0.25, 0.3) is 0 Å². The molecule has 6 heteroatoms. The summed E-state index contributed by atoms with van der Waals surface area (Å²) in [4.78, 5) is 16.1. The van der Waals surface area contributed by atoms with Crippen LogP contribution in [0.15, 0.2) is 36.0 Å². The van der Waals surface area contributed by atoms with Crippen molar-refractivity contribution in [2.24, 2.45) is 0 Å². The molecule has 0 unspecified atom stereocenters. The number of rotatable bonds is 7. The molecule has 0 bridgehead atoms. The van der Waals surface area contributed by atoms with Crippen LogP contribution >= 0.6 is 11.3 Å². The van der Waals surface area contributed by atoms with Crippen LogP contribution in [0.4, 0.5) is 0 Å². The summed E-state index contributed by atoms with van der Waals surface area (Å²) in [5.74, 6) is 0.133. The van der Waals surface area contributed by atoms with E-state index in [9.17, 15) is 4.79 Å². The molecule has 1 aliphatic heterocycles. The largest absolute Gasteiger partial charge is 0.354 e. The van der Waals surface area contributed by atoms with Crippen LogP contribution in [0.3, 0.4) is 0 Å². The van der Waals surface area contributed by atoms with E-state index in [2.05, 4.69) is 32.8 Å². The Morgan fingerprint density at radius 1 is 1.52 bits per heavy atom. The van der Waals surface area contributed by atoms with Gasteiger partial charge in [0.2, 0.25) is 5.91 Å². The van der Waals surface area contributed by atoms with Gasteiger partial charge in [-0.15, -0.1) is 11.3 Å². The number of hydrogen-bond acceptors (Lipinski definition) is 4. The number of amides is 1. The van der Waals surface area contributed by atoms with E-state index < -0.39 is 0 Å². The smallest absolute Gasteiger partial charge is 0.237 e. The highest BCUT2D eigenvalue weighted by Gasteiger charge is 2.32. The lowest BCUT2D eigenvalue weighted by atomic mass is 10.2. The maximum Gasteiger partial charge on any atom is 0.237 e. The number of carbonyl (C=O) groups is 1. The SMILES string of the molecule is C[C@@H](C(=O)NCCc1cccs1)N1CCC[C@@H]1Cn1cccn1. The molecule has 0 spiro atoms. The summed E-state index contributed by atoms with van der Waals surface area (Å²) in [6, 6.07) is 6.42. The second-order valence-electron chi connectivity index (χ2n) is 6.06. The third-order valence-corrected chi connectivity index (χ3v) is 5.44. The average molecular weight is 332 g/mol. The van der Waals surface area contributed by atoms with Crippen LogP contribution in [0.5, 0.6) is 0 Å². The van der Waals surface area contributed by atoms with Gasteiger partial charge in [0, 0.05) is 29.9 Å². The van der Waals surface area contributed by atoms with Crippen LogP contribution in [0.2, 0.25) is 0 Å². The van der Waals surface area contributed by atoms with E-state index in [0.717, 1.165) is 32.4 Å². The zero-order valence-electron chi connectivity index (χ0n) is 13.5. The standard InChI is InChI=1S/C17H24N4OS/c1-14(17(22)18-9-7-16-6-3-12-23-16)21-11-2-5-15(21)13-20-10-4-8-19-20/h3-4,6,8,10,12,14-15H,2,5,7,9,11,13H2,1H3,(H,18,22)/t14-,15+/m0/s1. The molecule has 3 heterocycles. The Kier molecular flexibility index (Phi) is 5.46. The predicted molar refractivity (Wildman–Crippen MR) is 92.4 cm³/mol. The maximum absolute atomic E-state index is 12.4. The molecular weight excluding hydrogens is 308 g/mol. The number of carbonyl (C=O) groups excluding carboxylic acids is 1. The quantitative estimate of drug-likeness (QED) is 0.845. The molecule has 23 heavy (non-hydrogen) atoms. The lowest BCUT2D eigenvalue weighted by Crippen LogP contribution is -2.48. The van der Waals surface area contributed by atoms with E-state index in [1.165, 1.54) is 4.88 Å². The fourth-order valence-corrected chi connectivity index (χ4v) is 3.96. The summed E-state index contributed by atoms with van der Waals surface area (Å²) < 4.78 is 1.96. The van der Waals surface area contributed by atoms with Gasteiger partial charge in [-0.25, -0.2) is 0 Å². The molecule has 0 aromatic carbocycles. The van der Waals surface area contributed by atoms with Crippen LogP contribution in [0.25, 0.3) is 0 Å². The summed E-state index contributed by atoms with van der Waals surface area (Å²) in [5.41, 5.74) is 0. The number of thiophene rings is 1. The van der Waals surface area contributed by atoms with E-state index in [0.29, 0.717) is 12.6 Å². The molecule has 3 rings (SSSR count). The number of aromatic nitrogens is 2. The number of nitrogens with one attached hydrogen (secondary N) is 1. The van der Waals surface area contributed by atoms with Crippen LogP contribution in [0, 0.1) is 0 Å². The van der Waals surface area contributed by atoms with E-state index in [1.54, 1.807) is 17.5 Å². The second-order valence-corrected chi connectivity index (χ2v) is 7.09. The Hall–Kier alpha value is -1.66. The zero-order valence-corrected chi connectivity index (χ0v) is 14.3. The van der Waals surface area contributed by atoms with E-state index >= 15 is 0 Å². The normalized spacial score (nSPS) is 19.8. The molecule has 1 fully saturated rings. The molecule has 2 aromatic heterocycles. The molecule has 1 amide bonds. The first-order valence-electron chi connectivity index (χ1n) is 8.27. The minimum atomic E-state index is -0.0820. The molecule has 2 atom stereocenters. The van der Waals surface area contributed by atoms with Gasteiger partial charge >= 0.3 is 0 Å². The summed E-state index contributed by atoms with van der Waals surface area (Å²) in [7, 11) is 0. The number of likely N-dealkylation sites (tertiary alicyclic amines) is 1. The molecule has 2 aromatic rings. The van der Waals surface area contributed by atoms with E-state index in [-0.39, 0.29) is 11.9 Å². The van der Waals surface area contributed by atoms with Crippen molar-refractivity contribution >= 4 is 17.2 Å². The van der Waals surface area contributed by atoms with Crippen molar-refractivity contribution in [3.63, 3.8) is 0 Å². The van der Waals surface area contributed by atoms with E-state index in [1.807, 2.05) is 23.9 Å². The second kappa shape index (κ2) is 7.75. The molecule has 0 saturated carbocycles. The van der Waals surface area contributed by atoms with Gasteiger partial charge in [0.1, 0.15) is 0 Å². The first-order valence-corrected chi connectivity index (χ1v) is 9.15. The Labute approximate surface area is 141 Å². The monoisotopic (exact) mass is 332 g/mol. The molecular formula is C17H24N4OS. The molecule has 0 aliphatic carbocycles. The summed E-state index contributed by atoms with van der Waals surface area (Å²) in [5, 5.41) is 9.44. The molecule has 5 nitrogen and oxygen atoms in total. The van der Waals surface area contributed by atoms with Gasteiger partial charge in [-0.1, -0.05) is 6.07 Å². The van der Waals surface area contributed by atoms with Crippen molar-refractivity contribution in [1.82, 2.24) is 20.0 Å². The van der Waals surface area contributed by atoms with Gasteiger partial charge in [0.05, 0.1) is 12.6 Å². The first kappa shape index (κ1) is 16.2. The maximum atomic E-state index is 12.4. The van der Waals surface area contributed by atoms with Crippen LogP contribution in [0.1, 0.15) is 24.6 Å². The fraction of sp³-hybridized carbons (Fsp3) is 0.529. The Morgan fingerprint density at radius 3 is 3.17 bits per heavy atom. The molecule has 1 N–H and O–H groups in total. The molecule has 0 radical (unpaired) electrons. The Morgan fingerprint density at radius 2 is 2.43 bits per heavy atom. The Bertz CT molecular complexity index is 596. The molecule has 1 aliphatic rings. The Balaban J connectivity index is 1.49. The van der Waals surface area contributed by atoms with E-state index in [4.69, 9.17) is 0 Å². The van der Waals surface area contributed by atoms with Crippen molar-refractivity contribution in [1.29, 1.82) is 0 Å². The van der Waals surface area contributed by atoms with Gasteiger partial charge in [-0.3, -0.25) is 14.4 Å². The van der Waals surface area contributed by atoms with Crippen molar-refractivity contribution < 1.29 is 4.79 Å². The highest BCUT2D eigenvalue weighted by molar-refractivity contribution is 7.09. The van der Waals surface area contributed by atoms with Gasteiger partial charge in [-0.2, -0.15) is 5.10 Å². The lowest BCUT2D eigenvalue weighted by molar-refractivity contribution is -0.126. The van der Waals surface area contributed by atoms with Crippen LogP contribution in [-0.4, -0.2) is 45.8 Å². The summed E-state index contributed by atoms with van der Waals surface area (Å²) in [6.07, 6.45) is 6.99. The third kappa shape index (κ3) is 4.20. The fourth-order valence-electron chi connectivity index (χ4n) is 3.25. The predicted octanol–water partition coefficient (Wildman–Crippen LogP) is 2.16. The van der Waals surface area contributed by atoms with Crippen molar-refractivity contribution in [2.75, 3.05) is 13.1 Å². The minimum absolute atomic E-state index is 0.0820. The number of nitrogens with zero attached hydrogens (tertiary/aromatic N) is 3. The van der Waals surface area contributed by atoms with Crippen molar-refractivity contribution in [3.05, 3.63) is 40.8 Å². The lowest BCUT2D eigenvalue weighted by Gasteiger charge is -2.29. The average Bonchev–Trinajstić information content (AvgIpc) is 3.29. The highest BCUT2D eigenvalue weighted by atomic mass is 32.1. The summed E-state index contributed by atoms with van der Waals surface area (Å²) in [6.45, 7) is 4.58. The topological polar surface area (TPSA) is 50.2 Å². The van der Waals surface area contributed by atoms with Gasteiger partial charge < -0.3 is 5.32 Å². The van der Waals surface area contributed by atoms with Crippen molar-refractivity contribution in [3.8, 4) is 0 Å².